The highest BCUT2D eigenvalue weighted by atomic mass is 79.9. The maximum Gasteiger partial charge on any atom is 0.306 e. The van der Waals surface area contributed by atoms with E-state index in [-0.39, 0.29) is 12.1 Å². The fourth-order valence-corrected chi connectivity index (χ4v) is 1.69. The number of ether oxygens (including phenoxy) is 1. The SMILES string of the molecule is C=CC(C=C)OC(=O)CCCCCCCBr. The molecule has 0 N–H and O–H groups in total. The molecule has 0 saturated carbocycles. The van der Waals surface area contributed by atoms with Crippen molar-refractivity contribution in [2.24, 2.45) is 0 Å². The van der Waals surface area contributed by atoms with Crippen molar-refractivity contribution in [2.75, 3.05) is 5.33 Å². The summed E-state index contributed by atoms with van der Waals surface area (Å²) in [5.74, 6) is -0.162. The molecular formula is C13H21BrO2. The van der Waals surface area contributed by atoms with E-state index in [4.69, 9.17) is 4.74 Å². The van der Waals surface area contributed by atoms with Gasteiger partial charge < -0.3 is 4.74 Å². The maximum atomic E-state index is 11.3. The van der Waals surface area contributed by atoms with E-state index in [1.807, 2.05) is 0 Å². The summed E-state index contributed by atoms with van der Waals surface area (Å²) in [6.07, 6.45) is 8.90. The van der Waals surface area contributed by atoms with Gasteiger partial charge in [0.15, 0.2) is 0 Å². The number of carbonyl (C=O) groups is 1. The second-order valence-electron chi connectivity index (χ2n) is 3.63. The normalized spacial score (nSPS) is 10.1. The highest BCUT2D eigenvalue weighted by Gasteiger charge is 2.06. The van der Waals surface area contributed by atoms with Crippen LogP contribution in [0.1, 0.15) is 38.5 Å². The zero-order valence-corrected chi connectivity index (χ0v) is 11.4. The molecule has 0 aliphatic carbocycles. The molecule has 0 rings (SSSR count). The van der Waals surface area contributed by atoms with Gasteiger partial charge >= 0.3 is 5.97 Å². The topological polar surface area (TPSA) is 26.3 Å². The average molecular weight is 289 g/mol. The van der Waals surface area contributed by atoms with Gasteiger partial charge in [0.25, 0.3) is 0 Å². The lowest BCUT2D eigenvalue weighted by atomic mass is 10.1. The smallest absolute Gasteiger partial charge is 0.306 e. The second-order valence-corrected chi connectivity index (χ2v) is 4.43. The number of hydrogen-bond acceptors (Lipinski definition) is 2. The largest absolute Gasteiger partial charge is 0.454 e. The van der Waals surface area contributed by atoms with Gasteiger partial charge in [-0.1, -0.05) is 48.4 Å². The highest BCUT2D eigenvalue weighted by molar-refractivity contribution is 9.09. The van der Waals surface area contributed by atoms with Gasteiger partial charge in [-0.05, 0) is 25.0 Å². The van der Waals surface area contributed by atoms with E-state index in [1.165, 1.54) is 19.3 Å². The van der Waals surface area contributed by atoms with Crippen LogP contribution in [0.15, 0.2) is 25.3 Å². The van der Waals surface area contributed by atoms with Crippen molar-refractivity contribution >= 4 is 21.9 Å². The van der Waals surface area contributed by atoms with Crippen LogP contribution < -0.4 is 0 Å². The summed E-state index contributed by atoms with van der Waals surface area (Å²) in [5, 5.41) is 1.06. The standard InChI is InChI=1S/C13H21BrO2/c1-3-12(4-2)16-13(15)10-8-6-5-7-9-11-14/h3-4,12H,1-2,5-11H2. The summed E-state index contributed by atoms with van der Waals surface area (Å²) < 4.78 is 5.09. The molecule has 0 aromatic rings. The van der Waals surface area contributed by atoms with E-state index in [0.717, 1.165) is 18.2 Å². The van der Waals surface area contributed by atoms with Crippen LogP contribution in [0.4, 0.5) is 0 Å². The van der Waals surface area contributed by atoms with Crippen molar-refractivity contribution in [3.8, 4) is 0 Å². The number of halogens is 1. The quantitative estimate of drug-likeness (QED) is 0.263. The Balaban J connectivity index is 3.43. The third-order valence-electron chi connectivity index (χ3n) is 2.25. The van der Waals surface area contributed by atoms with Gasteiger partial charge in [-0.2, -0.15) is 0 Å². The van der Waals surface area contributed by atoms with Crippen LogP contribution in [-0.2, 0) is 9.53 Å². The minimum absolute atomic E-state index is 0.162. The molecule has 0 aromatic heterocycles. The van der Waals surface area contributed by atoms with Crippen LogP contribution >= 0.6 is 15.9 Å². The van der Waals surface area contributed by atoms with Crippen molar-refractivity contribution in [3.05, 3.63) is 25.3 Å². The van der Waals surface area contributed by atoms with Crippen molar-refractivity contribution in [1.29, 1.82) is 0 Å². The van der Waals surface area contributed by atoms with Gasteiger partial charge in [0.1, 0.15) is 6.10 Å². The molecule has 0 saturated heterocycles. The summed E-state index contributed by atoms with van der Waals surface area (Å²) in [5.41, 5.74) is 0. The van der Waals surface area contributed by atoms with Crippen LogP contribution in [0, 0.1) is 0 Å². The monoisotopic (exact) mass is 288 g/mol. The zero-order valence-electron chi connectivity index (χ0n) is 9.79. The summed E-state index contributed by atoms with van der Waals surface area (Å²) in [6.45, 7) is 7.12. The van der Waals surface area contributed by atoms with Gasteiger partial charge in [-0.15, -0.1) is 0 Å². The first-order chi connectivity index (χ1) is 7.74. The molecule has 0 amide bonds. The molecule has 0 aromatic carbocycles. The fraction of sp³-hybridized carbons (Fsp3) is 0.615. The number of unbranched alkanes of at least 4 members (excludes halogenated alkanes) is 4. The molecule has 0 aliphatic heterocycles. The Kier molecular flexibility index (Phi) is 10.5. The first-order valence-corrected chi connectivity index (χ1v) is 6.87. The van der Waals surface area contributed by atoms with Crippen molar-refractivity contribution in [3.63, 3.8) is 0 Å². The Morgan fingerprint density at radius 3 is 2.25 bits per heavy atom. The van der Waals surface area contributed by atoms with Gasteiger partial charge in [0.05, 0.1) is 0 Å². The molecule has 0 atom stereocenters. The molecule has 0 bridgehead atoms. The van der Waals surface area contributed by atoms with Crippen LogP contribution in [0.5, 0.6) is 0 Å². The van der Waals surface area contributed by atoms with Crippen molar-refractivity contribution in [2.45, 2.75) is 44.6 Å². The summed E-state index contributed by atoms with van der Waals surface area (Å²) in [6, 6.07) is 0. The second kappa shape index (κ2) is 10.9. The lowest BCUT2D eigenvalue weighted by molar-refractivity contribution is -0.145. The summed E-state index contributed by atoms with van der Waals surface area (Å²) >= 11 is 3.39. The molecular weight excluding hydrogens is 268 g/mol. The van der Waals surface area contributed by atoms with Crippen LogP contribution in [-0.4, -0.2) is 17.4 Å². The Labute approximate surface area is 107 Å². The third kappa shape index (κ3) is 8.72. The van der Waals surface area contributed by atoms with Crippen LogP contribution in [0.2, 0.25) is 0 Å². The average Bonchev–Trinajstić information content (AvgIpc) is 2.30. The Morgan fingerprint density at radius 1 is 1.12 bits per heavy atom. The third-order valence-corrected chi connectivity index (χ3v) is 2.81. The van der Waals surface area contributed by atoms with Crippen LogP contribution in [0.3, 0.4) is 0 Å². The number of alkyl halides is 1. The van der Waals surface area contributed by atoms with Gasteiger partial charge in [0.2, 0.25) is 0 Å². The van der Waals surface area contributed by atoms with Crippen molar-refractivity contribution < 1.29 is 9.53 Å². The molecule has 0 radical (unpaired) electrons. The molecule has 0 fully saturated rings. The fourth-order valence-electron chi connectivity index (χ4n) is 1.30. The number of carbonyl (C=O) groups excluding carboxylic acids is 1. The predicted octanol–water partition coefficient (Wildman–Crippen LogP) is 4.01. The summed E-state index contributed by atoms with van der Waals surface area (Å²) in [7, 11) is 0. The predicted molar refractivity (Wildman–Crippen MR) is 71.8 cm³/mol. The molecule has 16 heavy (non-hydrogen) atoms. The molecule has 3 heteroatoms. The van der Waals surface area contributed by atoms with E-state index in [9.17, 15) is 4.79 Å². The van der Waals surface area contributed by atoms with Crippen LogP contribution in [0.25, 0.3) is 0 Å². The minimum atomic E-state index is -0.346. The van der Waals surface area contributed by atoms with Gasteiger partial charge in [0, 0.05) is 11.8 Å². The molecule has 0 unspecified atom stereocenters. The van der Waals surface area contributed by atoms with E-state index in [2.05, 4.69) is 29.1 Å². The van der Waals surface area contributed by atoms with E-state index in [0.29, 0.717) is 6.42 Å². The summed E-state index contributed by atoms with van der Waals surface area (Å²) in [4.78, 5) is 11.3. The van der Waals surface area contributed by atoms with Crippen molar-refractivity contribution in [1.82, 2.24) is 0 Å². The van der Waals surface area contributed by atoms with E-state index >= 15 is 0 Å². The first kappa shape index (κ1) is 15.4. The maximum absolute atomic E-state index is 11.3. The lowest BCUT2D eigenvalue weighted by Gasteiger charge is -2.09. The van der Waals surface area contributed by atoms with E-state index < -0.39 is 0 Å². The number of rotatable bonds is 10. The van der Waals surface area contributed by atoms with E-state index in [1.54, 1.807) is 12.2 Å². The lowest BCUT2D eigenvalue weighted by Crippen LogP contribution is -2.12. The number of esters is 1. The van der Waals surface area contributed by atoms with Gasteiger partial charge in [-0.25, -0.2) is 0 Å². The highest BCUT2D eigenvalue weighted by Crippen LogP contribution is 2.08. The minimum Gasteiger partial charge on any atom is -0.454 e. The Hall–Kier alpha value is -0.570. The Bertz CT molecular complexity index is 206. The molecule has 2 nitrogen and oxygen atoms in total. The molecule has 0 heterocycles. The van der Waals surface area contributed by atoms with Gasteiger partial charge in [-0.3, -0.25) is 4.79 Å². The number of hydrogen-bond donors (Lipinski definition) is 0. The first-order valence-electron chi connectivity index (χ1n) is 5.75. The molecule has 92 valence electrons. The zero-order chi connectivity index (χ0) is 12.2. The Morgan fingerprint density at radius 2 is 1.69 bits per heavy atom. The molecule has 0 spiro atoms. The molecule has 0 aliphatic rings.